The number of rotatable bonds is 4. The van der Waals surface area contributed by atoms with Gasteiger partial charge in [0.2, 0.25) is 0 Å². The first-order valence-electron chi connectivity index (χ1n) is 3.19. The molecular formula is C7H14O3. The van der Waals surface area contributed by atoms with E-state index in [1.165, 1.54) is 6.26 Å². The third-order valence-electron chi connectivity index (χ3n) is 1.16. The van der Waals surface area contributed by atoms with Crippen LogP contribution in [0.3, 0.4) is 0 Å². The SMILES string of the molecule is C/C=C\OC(C)(CO)CO. The van der Waals surface area contributed by atoms with E-state index in [0.29, 0.717) is 0 Å². The molecule has 0 radical (unpaired) electrons. The molecule has 0 rings (SSSR count). The summed E-state index contributed by atoms with van der Waals surface area (Å²) in [4.78, 5) is 0. The van der Waals surface area contributed by atoms with Crippen molar-refractivity contribution in [3.05, 3.63) is 12.3 Å². The van der Waals surface area contributed by atoms with Gasteiger partial charge in [-0.15, -0.1) is 0 Å². The van der Waals surface area contributed by atoms with Crippen LogP contribution >= 0.6 is 0 Å². The average Bonchev–Trinajstić information content (AvgIpc) is 2.00. The van der Waals surface area contributed by atoms with Gasteiger partial charge >= 0.3 is 0 Å². The molecule has 0 aliphatic rings. The fraction of sp³-hybridized carbons (Fsp3) is 0.714. The normalized spacial score (nSPS) is 12.4. The molecule has 3 heteroatoms. The van der Waals surface area contributed by atoms with E-state index in [2.05, 4.69) is 0 Å². The van der Waals surface area contributed by atoms with Gasteiger partial charge in [0, 0.05) is 0 Å². The van der Waals surface area contributed by atoms with Crippen molar-refractivity contribution >= 4 is 0 Å². The molecule has 0 spiro atoms. The van der Waals surface area contributed by atoms with E-state index < -0.39 is 5.60 Å². The van der Waals surface area contributed by atoms with Gasteiger partial charge in [0.05, 0.1) is 19.5 Å². The molecule has 0 saturated heterocycles. The lowest BCUT2D eigenvalue weighted by molar-refractivity contribution is -0.0503. The van der Waals surface area contributed by atoms with Crippen molar-refractivity contribution in [2.24, 2.45) is 0 Å². The lowest BCUT2D eigenvalue weighted by atomic mass is 10.1. The number of aliphatic hydroxyl groups is 2. The highest BCUT2D eigenvalue weighted by Gasteiger charge is 2.21. The van der Waals surface area contributed by atoms with E-state index in [4.69, 9.17) is 14.9 Å². The average molecular weight is 146 g/mol. The summed E-state index contributed by atoms with van der Waals surface area (Å²) in [5.41, 5.74) is -0.841. The number of hydrogen-bond donors (Lipinski definition) is 2. The fourth-order valence-electron chi connectivity index (χ4n) is 0.357. The molecule has 0 aromatic carbocycles. The number of aliphatic hydroxyl groups excluding tert-OH is 2. The largest absolute Gasteiger partial charge is 0.491 e. The number of hydrogen-bond acceptors (Lipinski definition) is 3. The standard InChI is InChI=1S/C7H14O3/c1-3-4-10-7(2,5-8)6-9/h3-4,8-9H,5-6H2,1-2H3/b4-3-. The van der Waals surface area contributed by atoms with E-state index in [9.17, 15) is 0 Å². The van der Waals surface area contributed by atoms with Crippen molar-refractivity contribution in [3.8, 4) is 0 Å². The molecule has 0 aromatic heterocycles. The van der Waals surface area contributed by atoms with Gasteiger partial charge in [-0.25, -0.2) is 0 Å². The van der Waals surface area contributed by atoms with Crippen molar-refractivity contribution in [1.82, 2.24) is 0 Å². The van der Waals surface area contributed by atoms with Gasteiger partial charge in [0.25, 0.3) is 0 Å². The second kappa shape index (κ2) is 4.30. The van der Waals surface area contributed by atoms with Gasteiger partial charge in [-0.2, -0.15) is 0 Å². The zero-order chi connectivity index (χ0) is 8.04. The van der Waals surface area contributed by atoms with Gasteiger partial charge < -0.3 is 14.9 Å². The summed E-state index contributed by atoms with van der Waals surface area (Å²) >= 11 is 0. The Kier molecular flexibility index (Phi) is 4.07. The van der Waals surface area contributed by atoms with E-state index in [0.717, 1.165) is 0 Å². The van der Waals surface area contributed by atoms with E-state index >= 15 is 0 Å². The van der Waals surface area contributed by atoms with Crippen LogP contribution in [-0.2, 0) is 4.74 Å². The summed E-state index contributed by atoms with van der Waals surface area (Å²) in [6.07, 6.45) is 3.15. The van der Waals surface area contributed by atoms with Gasteiger partial charge in [-0.1, -0.05) is 6.08 Å². The Bertz CT molecular complexity index is 105. The van der Waals surface area contributed by atoms with Gasteiger partial charge in [0.15, 0.2) is 5.60 Å². The maximum absolute atomic E-state index is 8.69. The summed E-state index contributed by atoms with van der Waals surface area (Å²) in [5, 5.41) is 17.4. The summed E-state index contributed by atoms with van der Waals surface area (Å²) in [6.45, 7) is 3.06. The lowest BCUT2D eigenvalue weighted by Gasteiger charge is -2.23. The molecule has 0 aliphatic carbocycles. The van der Waals surface area contributed by atoms with Crippen LogP contribution < -0.4 is 0 Å². The molecular weight excluding hydrogens is 132 g/mol. The Morgan fingerprint density at radius 1 is 1.40 bits per heavy atom. The highest BCUT2D eigenvalue weighted by Crippen LogP contribution is 2.07. The number of ether oxygens (including phenoxy) is 1. The topological polar surface area (TPSA) is 49.7 Å². The van der Waals surface area contributed by atoms with E-state index in [-0.39, 0.29) is 13.2 Å². The van der Waals surface area contributed by atoms with Crippen molar-refractivity contribution in [1.29, 1.82) is 0 Å². The first-order chi connectivity index (χ1) is 4.68. The number of allylic oxidation sites excluding steroid dienone is 1. The van der Waals surface area contributed by atoms with Crippen LogP contribution in [0.2, 0.25) is 0 Å². The third-order valence-corrected chi connectivity index (χ3v) is 1.16. The van der Waals surface area contributed by atoms with Gasteiger partial charge in [-0.3, -0.25) is 0 Å². The molecule has 0 saturated carbocycles. The summed E-state index contributed by atoms with van der Waals surface area (Å²) in [7, 11) is 0. The second-order valence-corrected chi connectivity index (χ2v) is 2.35. The minimum Gasteiger partial charge on any atom is -0.491 e. The maximum Gasteiger partial charge on any atom is 0.151 e. The second-order valence-electron chi connectivity index (χ2n) is 2.35. The Morgan fingerprint density at radius 2 is 1.90 bits per heavy atom. The molecule has 0 fully saturated rings. The summed E-state index contributed by atoms with van der Waals surface area (Å²) in [5.74, 6) is 0. The summed E-state index contributed by atoms with van der Waals surface area (Å²) in [6, 6.07) is 0. The molecule has 60 valence electrons. The molecule has 0 unspecified atom stereocenters. The smallest absolute Gasteiger partial charge is 0.151 e. The zero-order valence-electron chi connectivity index (χ0n) is 6.37. The van der Waals surface area contributed by atoms with E-state index in [1.54, 1.807) is 19.9 Å². The van der Waals surface area contributed by atoms with Crippen molar-refractivity contribution in [3.63, 3.8) is 0 Å². The fourth-order valence-corrected chi connectivity index (χ4v) is 0.357. The Morgan fingerprint density at radius 3 is 2.20 bits per heavy atom. The van der Waals surface area contributed by atoms with Gasteiger partial charge in [-0.05, 0) is 13.8 Å². The minimum atomic E-state index is -0.841. The quantitative estimate of drug-likeness (QED) is 0.560. The Labute approximate surface area is 60.9 Å². The van der Waals surface area contributed by atoms with Crippen LogP contribution in [0.1, 0.15) is 13.8 Å². The lowest BCUT2D eigenvalue weighted by Crippen LogP contribution is -2.35. The molecule has 10 heavy (non-hydrogen) atoms. The van der Waals surface area contributed by atoms with E-state index in [1.807, 2.05) is 0 Å². The molecule has 0 bridgehead atoms. The first kappa shape index (κ1) is 9.46. The summed E-state index contributed by atoms with van der Waals surface area (Å²) < 4.78 is 5.00. The molecule has 0 aliphatic heterocycles. The molecule has 0 amide bonds. The maximum atomic E-state index is 8.69. The van der Waals surface area contributed by atoms with Crippen LogP contribution in [-0.4, -0.2) is 29.0 Å². The Hall–Kier alpha value is -0.540. The molecule has 0 atom stereocenters. The highest BCUT2D eigenvalue weighted by molar-refractivity contribution is 4.78. The van der Waals surface area contributed by atoms with Crippen LogP contribution in [0.5, 0.6) is 0 Å². The first-order valence-corrected chi connectivity index (χ1v) is 3.19. The molecule has 3 nitrogen and oxygen atoms in total. The van der Waals surface area contributed by atoms with Crippen molar-refractivity contribution < 1.29 is 14.9 Å². The van der Waals surface area contributed by atoms with Crippen molar-refractivity contribution in [2.45, 2.75) is 19.4 Å². The minimum absolute atomic E-state index is 0.187. The van der Waals surface area contributed by atoms with Crippen LogP contribution in [0.4, 0.5) is 0 Å². The Balaban J connectivity index is 3.80. The zero-order valence-corrected chi connectivity index (χ0v) is 6.37. The molecule has 2 N–H and O–H groups in total. The predicted octanol–water partition coefficient (Wildman–Crippen LogP) is 0.280. The predicted molar refractivity (Wildman–Crippen MR) is 38.5 cm³/mol. The third kappa shape index (κ3) is 2.85. The molecule has 0 aromatic rings. The highest BCUT2D eigenvalue weighted by atomic mass is 16.5. The van der Waals surface area contributed by atoms with Crippen LogP contribution in [0.25, 0.3) is 0 Å². The molecule has 0 heterocycles. The monoisotopic (exact) mass is 146 g/mol. The van der Waals surface area contributed by atoms with Crippen LogP contribution in [0, 0.1) is 0 Å². The van der Waals surface area contributed by atoms with Gasteiger partial charge in [0.1, 0.15) is 0 Å². The van der Waals surface area contributed by atoms with Crippen LogP contribution in [0.15, 0.2) is 12.3 Å². The van der Waals surface area contributed by atoms with Crippen molar-refractivity contribution in [2.75, 3.05) is 13.2 Å².